The van der Waals surface area contributed by atoms with Crippen molar-refractivity contribution in [3.8, 4) is 0 Å². The largest absolute Gasteiger partial charge is 0.379 e. The highest BCUT2D eigenvalue weighted by Crippen LogP contribution is 2.34. The van der Waals surface area contributed by atoms with Gasteiger partial charge < -0.3 is 18.9 Å². The highest BCUT2D eigenvalue weighted by Gasteiger charge is 2.37. The lowest BCUT2D eigenvalue weighted by atomic mass is 9.90. The predicted octanol–water partition coefficient (Wildman–Crippen LogP) is 6.90. The lowest BCUT2D eigenvalue weighted by Gasteiger charge is -2.39. The van der Waals surface area contributed by atoms with Gasteiger partial charge in [-0.15, -0.1) is 0 Å². The van der Waals surface area contributed by atoms with Crippen molar-refractivity contribution < 1.29 is 18.9 Å². The fraction of sp³-hybridized carbons (Fsp3) is 1.00. The molecule has 1 fully saturated rings. The van der Waals surface area contributed by atoms with Gasteiger partial charge in [-0.2, -0.15) is 0 Å². The zero-order valence-corrected chi connectivity index (χ0v) is 20.0. The van der Waals surface area contributed by atoms with Crippen molar-refractivity contribution in [3.05, 3.63) is 0 Å². The highest BCUT2D eigenvalue weighted by molar-refractivity contribution is 4.78. The zero-order chi connectivity index (χ0) is 21.2. The third kappa shape index (κ3) is 13.0. The van der Waals surface area contributed by atoms with Crippen molar-refractivity contribution in [2.75, 3.05) is 33.0 Å². The second-order valence-corrected chi connectivity index (χ2v) is 8.81. The van der Waals surface area contributed by atoms with E-state index in [1.54, 1.807) is 0 Å². The summed E-state index contributed by atoms with van der Waals surface area (Å²) in [7, 11) is 0. The van der Waals surface area contributed by atoms with Gasteiger partial charge in [0.15, 0.2) is 5.79 Å². The first-order valence-electron chi connectivity index (χ1n) is 12.7. The molecule has 2 unspecified atom stereocenters. The molecule has 1 rings (SSSR count). The molecule has 1 aliphatic rings. The van der Waals surface area contributed by atoms with Gasteiger partial charge in [0, 0.05) is 18.9 Å². The summed E-state index contributed by atoms with van der Waals surface area (Å²) in [4.78, 5) is 0. The van der Waals surface area contributed by atoms with E-state index < -0.39 is 5.79 Å². The molecule has 0 aromatic heterocycles. The first kappa shape index (κ1) is 26.9. The van der Waals surface area contributed by atoms with E-state index in [1.165, 1.54) is 44.9 Å². The molecule has 1 saturated heterocycles. The Morgan fingerprint density at radius 1 is 0.793 bits per heavy atom. The molecule has 0 amide bonds. The second kappa shape index (κ2) is 17.5. The molecule has 0 radical (unpaired) electrons. The van der Waals surface area contributed by atoms with Crippen LogP contribution in [0.25, 0.3) is 0 Å². The third-order valence-corrected chi connectivity index (χ3v) is 5.95. The first-order valence-corrected chi connectivity index (χ1v) is 12.7. The van der Waals surface area contributed by atoms with E-state index in [0.717, 1.165) is 71.6 Å². The summed E-state index contributed by atoms with van der Waals surface area (Å²) in [6.45, 7) is 13.0. The molecule has 0 saturated carbocycles. The van der Waals surface area contributed by atoms with Crippen LogP contribution in [0.15, 0.2) is 0 Å². The summed E-state index contributed by atoms with van der Waals surface area (Å²) in [6, 6.07) is 0. The Kier molecular flexibility index (Phi) is 16.2. The van der Waals surface area contributed by atoms with Crippen LogP contribution in [0.3, 0.4) is 0 Å². The first-order chi connectivity index (χ1) is 14.2. The van der Waals surface area contributed by atoms with Crippen LogP contribution in [-0.4, -0.2) is 44.9 Å². The van der Waals surface area contributed by atoms with Crippen LogP contribution in [0.2, 0.25) is 0 Å². The molecule has 0 spiro atoms. The zero-order valence-electron chi connectivity index (χ0n) is 20.0. The monoisotopic (exact) mass is 414 g/mol. The van der Waals surface area contributed by atoms with Gasteiger partial charge >= 0.3 is 0 Å². The molecular weight excluding hydrogens is 364 g/mol. The average molecular weight is 415 g/mol. The van der Waals surface area contributed by atoms with Crippen molar-refractivity contribution in [1.82, 2.24) is 0 Å². The normalized spacial score (nSPS) is 17.6. The SMILES string of the molecule is CCCCCCCCC(C)C(CCCOCC1CO1)(OCCCC)OCCCC. The predicted molar refractivity (Wildman–Crippen MR) is 121 cm³/mol. The lowest BCUT2D eigenvalue weighted by Crippen LogP contribution is -2.43. The molecule has 0 aromatic carbocycles. The lowest BCUT2D eigenvalue weighted by molar-refractivity contribution is -0.271. The number of unbranched alkanes of at least 4 members (excludes halogenated alkanes) is 7. The topological polar surface area (TPSA) is 40.2 Å². The molecule has 0 aromatic rings. The molecule has 2 atom stereocenters. The minimum atomic E-state index is -0.451. The molecule has 0 bridgehead atoms. The molecule has 0 N–H and O–H groups in total. The quantitative estimate of drug-likeness (QED) is 0.110. The van der Waals surface area contributed by atoms with Gasteiger partial charge in [0.1, 0.15) is 6.10 Å². The third-order valence-electron chi connectivity index (χ3n) is 5.95. The maximum atomic E-state index is 6.51. The number of hydrogen-bond donors (Lipinski definition) is 0. The minimum Gasteiger partial charge on any atom is -0.379 e. The summed E-state index contributed by atoms with van der Waals surface area (Å²) < 4.78 is 24.0. The van der Waals surface area contributed by atoms with Gasteiger partial charge in [0.05, 0.1) is 26.4 Å². The van der Waals surface area contributed by atoms with Gasteiger partial charge in [-0.25, -0.2) is 0 Å². The Balaban J connectivity index is 2.54. The minimum absolute atomic E-state index is 0.341. The molecule has 1 aliphatic heterocycles. The van der Waals surface area contributed by atoms with Crippen LogP contribution in [0.1, 0.15) is 111 Å². The van der Waals surface area contributed by atoms with Crippen molar-refractivity contribution >= 4 is 0 Å². The molecule has 4 heteroatoms. The van der Waals surface area contributed by atoms with Crippen molar-refractivity contribution in [1.29, 1.82) is 0 Å². The highest BCUT2D eigenvalue weighted by atomic mass is 16.7. The summed E-state index contributed by atoms with van der Waals surface area (Å²) in [5.74, 6) is -0.0399. The summed E-state index contributed by atoms with van der Waals surface area (Å²) >= 11 is 0. The maximum absolute atomic E-state index is 6.51. The van der Waals surface area contributed by atoms with E-state index in [4.69, 9.17) is 18.9 Å². The summed E-state index contributed by atoms with van der Waals surface area (Å²) in [5, 5.41) is 0. The van der Waals surface area contributed by atoms with Crippen LogP contribution in [0.4, 0.5) is 0 Å². The van der Waals surface area contributed by atoms with Gasteiger partial charge in [0.25, 0.3) is 0 Å². The molecule has 4 nitrogen and oxygen atoms in total. The molecular formula is C25H50O4. The van der Waals surface area contributed by atoms with Gasteiger partial charge in [0.2, 0.25) is 0 Å². The van der Waals surface area contributed by atoms with E-state index >= 15 is 0 Å². The molecule has 174 valence electrons. The molecule has 1 heterocycles. The smallest absolute Gasteiger partial charge is 0.170 e. The van der Waals surface area contributed by atoms with Crippen LogP contribution in [0, 0.1) is 5.92 Å². The average Bonchev–Trinajstić information content (AvgIpc) is 3.54. The Morgan fingerprint density at radius 3 is 1.97 bits per heavy atom. The Bertz CT molecular complexity index is 347. The molecule has 0 aliphatic carbocycles. The number of ether oxygens (including phenoxy) is 4. The Hall–Kier alpha value is -0.160. The van der Waals surface area contributed by atoms with Gasteiger partial charge in [-0.3, -0.25) is 0 Å². The fourth-order valence-electron chi connectivity index (χ4n) is 3.75. The second-order valence-electron chi connectivity index (χ2n) is 8.81. The fourth-order valence-corrected chi connectivity index (χ4v) is 3.75. The summed E-state index contributed by atoms with van der Waals surface area (Å²) in [6.07, 6.45) is 15.9. The van der Waals surface area contributed by atoms with Crippen molar-refractivity contribution in [2.45, 2.75) is 123 Å². The summed E-state index contributed by atoms with van der Waals surface area (Å²) in [5.41, 5.74) is 0. The van der Waals surface area contributed by atoms with Crippen LogP contribution in [0.5, 0.6) is 0 Å². The van der Waals surface area contributed by atoms with Crippen molar-refractivity contribution in [2.24, 2.45) is 5.92 Å². The van der Waals surface area contributed by atoms with Gasteiger partial charge in [-0.1, -0.05) is 79.1 Å². The van der Waals surface area contributed by atoms with E-state index in [-0.39, 0.29) is 0 Å². The van der Waals surface area contributed by atoms with E-state index in [9.17, 15) is 0 Å². The van der Waals surface area contributed by atoms with Crippen LogP contribution in [-0.2, 0) is 18.9 Å². The molecule has 29 heavy (non-hydrogen) atoms. The van der Waals surface area contributed by atoms with Crippen LogP contribution < -0.4 is 0 Å². The Morgan fingerprint density at radius 2 is 1.38 bits per heavy atom. The van der Waals surface area contributed by atoms with E-state index in [0.29, 0.717) is 12.0 Å². The van der Waals surface area contributed by atoms with E-state index in [1.807, 2.05) is 0 Å². The number of rotatable bonds is 22. The van der Waals surface area contributed by atoms with Crippen molar-refractivity contribution in [3.63, 3.8) is 0 Å². The Labute approximate surface area is 181 Å². The number of epoxide rings is 1. The van der Waals surface area contributed by atoms with E-state index in [2.05, 4.69) is 27.7 Å². The number of hydrogen-bond acceptors (Lipinski definition) is 4. The van der Waals surface area contributed by atoms with Crippen LogP contribution >= 0.6 is 0 Å². The van der Waals surface area contributed by atoms with Gasteiger partial charge in [-0.05, 0) is 25.7 Å². The standard InChI is InChI=1S/C25H50O4/c1-5-8-11-12-13-14-16-23(4)25(28-19-9-6-2,29-20-10-7-3)17-15-18-26-21-24-22-27-24/h23-24H,5-22H2,1-4H3. The maximum Gasteiger partial charge on any atom is 0.170 e.